The molecule has 0 radical (unpaired) electrons. The predicted octanol–water partition coefficient (Wildman–Crippen LogP) is 5.16. The summed E-state index contributed by atoms with van der Waals surface area (Å²) < 4.78 is 1.12. The van der Waals surface area contributed by atoms with Crippen LogP contribution in [0.3, 0.4) is 0 Å². The van der Waals surface area contributed by atoms with Gasteiger partial charge < -0.3 is 5.32 Å². The molecule has 0 aliphatic rings. The van der Waals surface area contributed by atoms with Gasteiger partial charge in [-0.2, -0.15) is 0 Å². The minimum atomic E-state index is -0.0237. The molecular formula is C20H22N2OS. The topological polar surface area (TPSA) is 42.0 Å². The van der Waals surface area contributed by atoms with E-state index in [1.54, 1.807) is 0 Å². The summed E-state index contributed by atoms with van der Waals surface area (Å²) in [7, 11) is 0. The number of anilines is 1. The van der Waals surface area contributed by atoms with Crippen LogP contribution in [0.1, 0.15) is 43.4 Å². The molecule has 0 atom stereocenters. The second-order valence-electron chi connectivity index (χ2n) is 6.26. The molecule has 0 spiro atoms. The molecule has 4 heteroatoms. The molecule has 0 bridgehead atoms. The van der Waals surface area contributed by atoms with Gasteiger partial charge in [-0.15, -0.1) is 0 Å². The Bertz CT molecular complexity index is 850. The maximum atomic E-state index is 12.3. The minimum Gasteiger partial charge on any atom is -0.302 e. The number of nitrogens with zero attached hydrogens (tertiary/aromatic N) is 1. The molecule has 3 rings (SSSR count). The number of aromatic nitrogens is 1. The molecule has 0 saturated heterocycles. The number of nitrogens with one attached hydrogen (secondary N) is 1. The summed E-state index contributed by atoms with van der Waals surface area (Å²) in [4.78, 5) is 16.9. The van der Waals surface area contributed by atoms with Gasteiger partial charge in [0, 0.05) is 0 Å². The molecule has 0 aliphatic carbocycles. The Labute approximate surface area is 146 Å². The largest absolute Gasteiger partial charge is 0.302 e. The van der Waals surface area contributed by atoms with Crippen molar-refractivity contribution in [3.63, 3.8) is 0 Å². The fourth-order valence-electron chi connectivity index (χ4n) is 2.71. The highest BCUT2D eigenvalue weighted by molar-refractivity contribution is 7.22. The zero-order chi connectivity index (χ0) is 17.1. The maximum Gasteiger partial charge on any atom is 0.230 e. The molecule has 2 aromatic carbocycles. The van der Waals surface area contributed by atoms with E-state index < -0.39 is 0 Å². The van der Waals surface area contributed by atoms with E-state index in [4.69, 9.17) is 0 Å². The minimum absolute atomic E-state index is 0.0237. The number of rotatable bonds is 5. The second-order valence-corrected chi connectivity index (χ2v) is 7.29. The van der Waals surface area contributed by atoms with E-state index in [0.29, 0.717) is 17.5 Å². The summed E-state index contributed by atoms with van der Waals surface area (Å²) in [6.07, 6.45) is 1.31. The third kappa shape index (κ3) is 3.65. The van der Waals surface area contributed by atoms with E-state index in [1.807, 2.05) is 24.3 Å². The fourth-order valence-corrected chi connectivity index (χ4v) is 3.64. The quantitative estimate of drug-likeness (QED) is 0.698. The van der Waals surface area contributed by atoms with E-state index in [0.717, 1.165) is 22.2 Å². The molecule has 1 amide bonds. The number of hydrogen-bond donors (Lipinski definition) is 1. The van der Waals surface area contributed by atoms with Crippen molar-refractivity contribution in [1.29, 1.82) is 0 Å². The van der Waals surface area contributed by atoms with Crippen LogP contribution in [0.2, 0.25) is 0 Å². The number of fused-ring (bicyclic) bond motifs is 1. The molecule has 1 N–H and O–H groups in total. The van der Waals surface area contributed by atoms with Gasteiger partial charge in [0.05, 0.1) is 16.6 Å². The number of carbonyl (C=O) groups is 1. The van der Waals surface area contributed by atoms with Gasteiger partial charge in [0.25, 0.3) is 0 Å². The van der Waals surface area contributed by atoms with Gasteiger partial charge in [-0.25, -0.2) is 4.98 Å². The Morgan fingerprint density at radius 3 is 2.58 bits per heavy atom. The average molecular weight is 338 g/mol. The zero-order valence-corrected chi connectivity index (χ0v) is 15.1. The van der Waals surface area contributed by atoms with Crippen LogP contribution < -0.4 is 5.32 Å². The first-order valence-corrected chi connectivity index (χ1v) is 9.15. The van der Waals surface area contributed by atoms with E-state index in [9.17, 15) is 4.79 Å². The lowest BCUT2D eigenvalue weighted by Gasteiger charge is -2.06. The first-order chi connectivity index (χ1) is 11.6. The van der Waals surface area contributed by atoms with E-state index >= 15 is 0 Å². The van der Waals surface area contributed by atoms with Gasteiger partial charge in [0.1, 0.15) is 0 Å². The molecule has 0 fully saturated rings. The van der Waals surface area contributed by atoms with Gasteiger partial charge in [0.15, 0.2) is 5.13 Å². The molecule has 1 aromatic heterocycles. The van der Waals surface area contributed by atoms with Crippen molar-refractivity contribution in [2.24, 2.45) is 0 Å². The normalized spacial score (nSPS) is 11.2. The van der Waals surface area contributed by atoms with Crippen molar-refractivity contribution in [1.82, 2.24) is 4.98 Å². The number of hydrogen-bond acceptors (Lipinski definition) is 3. The summed E-state index contributed by atoms with van der Waals surface area (Å²) in [6, 6.07) is 14.4. The second kappa shape index (κ2) is 7.14. The third-order valence-electron chi connectivity index (χ3n) is 4.14. The highest BCUT2D eigenvalue weighted by atomic mass is 32.1. The van der Waals surface area contributed by atoms with Gasteiger partial charge in [-0.1, -0.05) is 68.5 Å². The molecule has 24 heavy (non-hydrogen) atoms. The van der Waals surface area contributed by atoms with E-state index in [-0.39, 0.29) is 5.91 Å². The maximum absolute atomic E-state index is 12.3. The first kappa shape index (κ1) is 16.7. The van der Waals surface area contributed by atoms with Crippen LogP contribution in [-0.2, 0) is 17.6 Å². The Kier molecular flexibility index (Phi) is 4.95. The standard InChI is InChI=1S/C20H22N2OS/c1-4-15-6-5-7-17-19(15)22-20(24-17)21-18(23)12-14-8-10-16(11-9-14)13(2)3/h5-11,13H,4,12H2,1-3H3,(H,21,22,23). The number of carbonyl (C=O) groups excluding carboxylic acids is 1. The zero-order valence-electron chi connectivity index (χ0n) is 14.3. The van der Waals surface area contributed by atoms with Gasteiger partial charge >= 0.3 is 0 Å². The molecule has 0 aliphatic heterocycles. The molecule has 3 nitrogen and oxygen atoms in total. The Morgan fingerprint density at radius 2 is 1.92 bits per heavy atom. The lowest BCUT2D eigenvalue weighted by atomic mass is 10.0. The monoisotopic (exact) mass is 338 g/mol. The van der Waals surface area contributed by atoms with Crippen molar-refractivity contribution in [3.8, 4) is 0 Å². The highest BCUT2D eigenvalue weighted by Gasteiger charge is 2.10. The van der Waals surface area contributed by atoms with E-state index in [1.165, 1.54) is 22.5 Å². The van der Waals surface area contributed by atoms with Crippen LogP contribution in [0.5, 0.6) is 0 Å². The first-order valence-electron chi connectivity index (χ1n) is 8.34. The van der Waals surface area contributed by atoms with Crippen molar-refractivity contribution in [2.75, 3.05) is 5.32 Å². The average Bonchev–Trinajstić information content (AvgIpc) is 2.97. The van der Waals surface area contributed by atoms with Crippen LogP contribution >= 0.6 is 11.3 Å². The summed E-state index contributed by atoms with van der Waals surface area (Å²) in [5.41, 5.74) is 4.53. The van der Waals surface area contributed by atoms with E-state index in [2.05, 4.69) is 49.3 Å². The Hall–Kier alpha value is -2.20. The highest BCUT2D eigenvalue weighted by Crippen LogP contribution is 2.28. The van der Waals surface area contributed by atoms with Crippen LogP contribution in [0, 0.1) is 0 Å². The molecule has 124 valence electrons. The number of benzene rings is 2. The van der Waals surface area contributed by atoms with Crippen molar-refractivity contribution >= 4 is 32.6 Å². The smallest absolute Gasteiger partial charge is 0.230 e. The van der Waals surface area contributed by atoms with Crippen LogP contribution in [0.25, 0.3) is 10.2 Å². The van der Waals surface area contributed by atoms with Crippen molar-refractivity contribution in [3.05, 3.63) is 59.2 Å². The summed E-state index contributed by atoms with van der Waals surface area (Å²) in [5, 5.41) is 3.61. The number of amides is 1. The van der Waals surface area contributed by atoms with Crippen LogP contribution in [-0.4, -0.2) is 10.9 Å². The molecule has 0 unspecified atom stereocenters. The van der Waals surface area contributed by atoms with Crippen LogP contribution in [0.4, 0.5) is 5.13 Å². The lowest BCUT2D eigenvalue weighted by molar-refractivity contribution is -0.115. The fraction of sp³-hybridized carbons (Fsp3) is 0.300. The lowest BCUT2D eigenvalue weighted by Crippen LogP contribution is -2.14. The SMILES string of the molecule is CCc1cccc2sc(NC(=O)Cc3ccc(C(C)C)cc3)nc12. The van der Waals surface area contributed by atoms with Crippen molar-refractivity contribution in [2.45, 2.75) is 39.5 Å². The third-order valence-corrected chi connectivity index (χ3v) is 5.08. The van der Waals surface area contributed by atoms with Gasteiger partial charge in [0.2, 0.25) is 5.91 Å². The summed E-state index contributed by atoms with van der Waals surface area (Å²) in [6.45, 7) is 6.45. The van der Waals surface area contributed by atoms with Crippen molar-refractivity contribution < 1.29 is 4.79 Å². The summed E-state index contributed by atoms with van der Waals surface area (Å²) in [5.74, 6) is 0.479. The predicted molar refractivity (Wildman–Crippen MR) is 102 cm³/mol. The number of para-hydroxylation sites is 1. The Balaban J connectivity index is 1.70. The number of aryl methyl sites for hydroxylation is 1. The van der Waals surface area contributed by atoms with Gasteiger partial charge in [-0.05, 0) is 35.1 Å². The molecular weight excluding hydrogens is 316 g/mol. The molecule has 1 heterocycles. The number of thiazole rings is 1. The van der Waals surface area contributed by atoms with Gasteiger partial charge in [-0.3, -0.25) is 4.79 Å². The molecule has 0 saturated carbocycles. The summed E-state index contributed by atoms with van der Waals surface area (Å²) >= 11 is 1.53. The Morgan fingerprint density at radius 1 is 1.17 bits per heavy atom. The van der Waals surface area contributed by atoms with Crippen LogP contribution in [0.15, 0.2) is 42.5 Å². The molecule has 3 aromatic rings.